The minimum absolute atomic E-state index is 0.0269. The van der Waals surface area contributed by atoms with Crippen LogP contribution in [-0.2, 0) is 5.54 Å². The van der Waals surface area contributed by atoms with Gasteiger partial charge in [-0.15, -0.1) is 0 Å². The van der Waals surface area contributed by atoms with Gasteiger partial charge in [0.25, 0.3) is 0 Å². The predicted molar refractivity (Wildman–Crippen MR) is 48.1 cm³/mol. The molecule has 0 aromatic heterocycles. The molecule has 0 spiro atoms. The van der Waals surface area contributed by atoms with Gasteiger partial charge in [0.05, 0.1) is 18.0 Å². The first-order chi connectivity index (χ1) is 6.47. The Balaban J connectivity index is 3.18. The highest BCUT2D eigenvalue weighted by molar-refractivity contribution is 5.26. The van der Waals surface area contributed by atoms with Gasteiger partial charge in [0.15, 0.2) is 0 Å². The molecule has 1 aromatic rings. The zero-order valence-corrected chi connectivity index (χ0v) is 7.72. The van der Waals surface area contributed by atoms with Crippen molar-refractivity contribution in [3.8, 4) is 6.07 Å². The standard InChI is InChI=1S/C10H10F2N2/c1-10(14,4-5-13)8-6-7(11)2-3-9(8)12/h2-3,6H,4,14H2,1H3. The van der Waals surface area contributed by atoms with Crippen LogP contribution in [0.15, 0.2) is 18.2 Å². The summed E-state index contributed by atoms with van der Waals surface area (Å²) in [5, 5.41) is 8.48. The largest absolute Gasteiger partial charge is 0.321 e. The maximum atomic E-state index is 13.2. The van der Waals surface area contributed by atoms with Gasteiger partial charge < -0.3 is 5.73 Å². The van der Waals surface area contributed by atoms with Crippen molar-refractivity contribution >= 4 is 0 Å². The first-order valence-corrected chi connectivity index (χ1v) is 4.09. The summed E-state index contributed by atoms with van der Waals surface area (Å²) in [7, 11) is 0. The second-order valence-corrected chi connectivity index (χ2v) is 3.38. The Morgan fingerprint density at radius 3 is 2.71 bits per heavy atom. The van der Waals surface area contributed by atoms with E-state index in [1.54, 1.807) is 0 Å². The van der Waals surface area contributed by atoms with Crippen LogP contribution in [0.2, 0.25) is 0 Å². The molecule has 0 aliphatic rings. The van der Waals surface area contributed by atoms with Crippen LogP contribution in [0.25, 0.3) is 0 Å². The Hall–Kier alpha value is -1.47. The van der Waals surface area contributed by atoms with Crippen LogP contribution < -0.4 is 5.73 Å². The van der Waals surface area contributed by atoms with E-state index in [4.69, 9.17) is 11.0 Å². The summed E-state index contributed by atoms with van der Waals surface area (Å²) in [4.78, 5) is 0. The van der Waals surface area contributed by atoms with Crippen molar-refractivity contribution in [3.05, 3.63) is 35.4 Å². The lowest BCUT2D eigenvalue weighted by molar-refractivity contribution is 0.463. The molecule has 2 nitrogen and oxygen atoms in total. The van der Waals surface area contributed by atoms with Gasteiger partial charge in [0.1, 0.15) is 11.6 Å². The Bertz CT molecular complexity index is 380. The third-order valence-electron chi connectivity index (χ3n) is 1.99. The number of hydrogen-bond donors (Lipinski definition) is 1. The molecule has 0 aliphatic heterocycles. The summed E-state index contributed by atoms with van der Waals surface area (Å²) in [6.45, 7) is 1.49. The summed E-state index contributed by atoms with van der Waals surface area (Å²) in [5.74, 6) is -1.15. The van der Waals surface area contributed by atoms with E-state index in [9.17, 15) is 8.78 Å². The van der Waals surface area contributed by atoms with E-state index >= 15 is 0 Å². The van der Waals surface area contributed by atoms with Crippen LogP contribution in [0, 0.1) is 23.0 Å². The summed E-state index contributed by atoms with van der Waals surface area (Å²) in [6.07, 6.45) is -0.0621. The maximum Gasteiger partial charge on any atom is 0.128 e. The molecule has 14 heavy (non-hydrogen) atoms. The average molecular weight is 196 g/mol. The lowest BCUT2D eigenvalue weighted by Gasteiger charge is -2.22. The first kappa shape index (κ1) is 10.6. The molecule has 0 fully saturated rings. The molecule has 1 unspecified atom stereocenters. The van der Waals surface area contributed by atoms with Crippen molar-refractivity contribution in [2.75, 3.05) is 0 Å². The first-order valence-electron chi connectivity index (χ1n) is 4.09. The van der Waals surface area contributed by atoms with E-state index in [1.807, 2.05) is 6.07 Å². The number of benzene rings is 1. The van der Waals surface area contributed by atoms with Gasteiger partial charge in [-0.2, -0.15) is 5.26 Å². The third-order valence-corrected chi connectivity index (χ3v) is 1.99. The highest BCUT2D eigenvalue weighted by Crippen LogP contribution is 2.24. The van der Waals surface area contributed by atoms with Crippen molar-refractivity contribution in [2.24, 2.45) is 5.73 Å². The fraction of sp³-hybridized carbons (Fsp3) is 0.300. The van der Waals surface area contributed by atoms with Crippen LogP contribution >= 0.6 is 0 Å². The maximum absolute atomic E-state index is 13.2. The number of nitriles is 1. The van der Waals surface area contributed by atoms with Crippen LogP contribution in [0.4, 0.5) is 8.78 Å². The average Bonchev–Trinajstić information content (AvgIpc) is 2.09. The van der Waals surface area contributed by atoms with Gasteiger partial charge >= 0.3 is 0 Å². The zero-order valence-electron chi connectivity index (χ0n) is 7.72. The van der Waals surface area contributed by atoms with Crippen molar-refractivity contribution in [1.82, 2.24) is 0 Å². The summed E-state index contributed by atoms with van der Waals surface area (Å²) < 4.78 is 26.0. The molecule has 0 saturated heterocycles. The smallest absolute Gasteiger partial charge is 0.128 e. The van der Waals surface area contributed by atoms with Crippen molar-refractivity contribution < 1.29 is 8.78 Å². The number of nitrogens with two attached hydrogens (primary N) is 1. The molecule has 74 valence electrons. The van der Waals surface area contributed by atoms with Gasteiger partial charge in [-0.25, -0.2) is 8.78 Å². The monoisotopic (exact) mass is 196 g/mol. The Morgan fingerprint density at radius 1 is 1.50 bits per heavy atom. The molecule has 0 aliphatic carbocycles. The molecule has 0 amide bonds. The Labute approximate surface area is 81.0 Å². The molecular weight excluding hydrogens is 186 g/mol. The van der Waals surface area contributed by atoms with E-state index in [0.717, 1.165) is 18.2 Å². The highest BCUT2D eigenvalue weighted by atomic mass is 19.1. The van der Waals surface area contributed by atoms with Crippen LogP contribution in [0.3, 0.4) is 0 Å². The molecule has 1 atom stereocenters. The van der Waals surface area contributed by atoms with Crippen molar-refractivity contribution in [3.63, 3.8) is 0 Å². The second-order valence-electron chi connectivity index (χ2n) is 3.38. The Morgan fingerprint density at radius 2 is 2.14 bits per heavy atom. The fourth-order valence-electron chi connectivity index (χ4n) is 1.19. The second kappa shape index (κ2) is 3.72. The fourth-order valence-corrected chi connectivity index (χ4v) is 1.19. The van der Waals surface area contributed by atoms with Gasteiger partial charge in [-0.1, -0.05) is 0 Å². The Kier molecular flexibility index (Phi) is 2.82. The lowest BCUT2D eigenvalue weighted by atomic mass is 9.90. The lowest BCUT2D eigenvalue weighted by Crippen LogP contribution is -2.33. The minimum atomic E-state index is -1.15. The van der Waals surface area contributed by atoms with Gasteiger partial charge in [0, 0.05) is 5.56 Å². The van der Waals surface area contributed by atoms with E-state index in [0.29, 0.717) is 0 Å². The normalized spacial score (nSPS) is 14.5. The molecule has 1 aromatic carbocycles. The molecular formula is C10H10F2N2. The molecule has 0 radical (unpaired) electrons. The zero-order chi connectivity index (χ0) is 10.8. The SMILES string of the molecule is CC(N)(CC#N)c1cc(F)ccc1F. The molecule has 0 bridgehead atoms. The van der Waals surface area contributed by atoms with Gasteiger partial charge in [-0.05, 0) is 25.1 Å². The summed E-state index contributed by atoms with van der Waals surface area (Å²) >= 11 is 0. The predicted octanol–water partition coefficient (Wildman–Crippen LogP) is 2.05. The number of nitrogens with zero attached hydrogens (tertiary/aromatic N) is 1. The van der Waals surface area contributed by atoms with Crippen LogP contribution in [0.1, 0.15) is 18.9 Å². The molecule has 0 saturated carbocycles. The molecule has 1 rings (SSSR count). The topological polar surface area (TPSA) is 49.8 Å². The summed E-state index contributed by atoms with van der Waals surface area (Å²) in [6, 6.07) is 4.88. The molecule has 2 N–H and O–H groups in total. The van der Waals surface area contributed by atoms with Gasteiger partial charge in [-0.3, -0.25) is 0 Å². The number of rotatable bonds is 2. The van der Waals surface area contributed by atoms with Crippen LogP contribution in [-0.4, -0.2) is 0 Å². The molecule has 0 heterocycles. The van der Waals surface area contributed by atoms with Crippen LogP contribution in [0.5, 0.6) is 0 Å². The van der Waals surface area contributed by atoms with E-state index in [2.05, 4.69) is 0 Å². The highest BCUT2D eigenvalue weighted by Gasteiger charge is 2.24. The molecule has 4 heteroatoms. The number of halogens is 2. The summed E-state index contributed by atoms with van der Waals surface area (Å²) in [5.41, 5.74) is 4.56. The number of hydrogen-bond acceptors (Lipinski definition) is 2. The van der Waals surface area contributed by atoms with Crippen molar-refractivity contribution in [1.29, 1.82) is 5.26 Å². The minimum Gasteiger partial charge on any atom is -0.321 e. The van der Waals surface area contributed by atoms with Crippen molar-refractivity contribution in [2.45, 2.75) is 18.9 Å². The van der Waals surface area contributed by atoms with E-state index in [-0.39, 0.29) is 12.0 Å². The quantitative estimate of drug-likeness (QED) is 0.786. The van der Waals surface area contributed by atoms with E-state index in [1.165, 1.54) is 6.92 Å². The van der Waals surface area contributed by atoms with E-state index < -0.39 is 17.2 Å². The van der Waals surface area contributed by atoms with Gasteiger partial charge in [0.2, 0.25) is 0 Å². The third kappa shape index (κ3) is 2.06.